The molecule has 2 aromatic rings. The molecule has 1 aromatic carbocycles. The van der Waals surface area contributed by atoms with Crippen LogP contribution in [0.2, 0.25) is 0 Å². The number of benzene rings is 1. The molecule has 21 heavy (non-hydrogen) atoms. The standard InChI is InChI=1S/C18H24N2S/c1-14(2)11-19-12-16-7-9-18(10-8-16)21-13-17-6-4-5-15(3)20-17/h4-10,14,19H,11-13H2,1-3H3. The number of aryl methyl sites for hydroxylation is 1. The first-order valence-corrected chi connectivity index (χ1v) is 8.47. The lowest BCUT2D eigenvalue weighted by atomic mass is 10.2. The van der Waals surface area contributed by atoms with Gasteiger partial charge >= 0.3 is 0 Å². The van der Waals surface area contributed by atoms with E-state index in [0.29, 0.717) is 5.92 Å². The highest BCUT2D eigenvalue weighted by atomic mass is 32.2. The van der Waals surface area contributed by atoms with Gasteiger partial charge in [0, 0.05) is 22.9 Å². The van der Waals surface area contributed by atoms with Gasteiger partial charge in [0.1, 0.15) is 0 Å². The monoisotopic (exact) mass is 300 g/mol. The lowest BCUT2D eigenvalue weighted by Crippen LogP contribution is -2.18. The second kappa shape index (κ2) is 8.20. The number of nitrogens with zero attached hydrogens (tertiary/aromatic N) is 1. The molecule has 0 unspecified atom stereocenters. The molecule has 2 nitrogen and oxygen atoms in total. The van der Waals surface area contributed by atoms with Gasteiger partial charge in [0.15, 0.2) is 0 Å². The summed E-state index contributed by atoms with van der Waals surface area (Å²) in [4.78, 5) is 5.83. The fourth-order valence-electron chi connectivity index (χ4n) is 2.05. The molecular formula is C18H24N2S. The minimum atomic E-state index is 0.696. The molecule has 0 fully saturated rings. The Bertz CT molecular complexity index is 549. The van der Waals surface area contributed by atoms with E-state index >= 15 is 0 Å². The largest absolute Gasteiger partial charge is 0.312 e. The smallest absolute Gasteiger partial charge is 0.0509 e. The molecule has 0 aliphatic rings. The van der Waals surface area contributed by atoms with Crippen molar-refractivity contribution in [2.75, 3.05) is 6.54 Å². The minimum Gasteiger partial charge on any atom is -0.312 e. The number of nitrogens with one attached hydrogen (secondary N) is 1. The zero-order chi connectivity index (χ0) is 15.1. The number of hydrogen-bond acceptors (Lipinski definition) is 3. The van der Waals surface area contributed by atoms with Crippen LogP contribution in [0, 0.1) is 12.8 Å². The Labute approximate surface area is 132 Å². The van der Waals surface area contributed by atoms with Crippen molar-refractivity contribution in [3.63, 3.8) is 0 Å². The van der Waals surface area contributed by atoms with E-state index in [2.05, 4.69) is 60.5 Å². The van der Waals surface area contributed by atoms with Crippen LogP contribution in [0.25, 0.3) is 0 Å². The van der Waals surface area contributed by atoms with Crippen LogP contribution in [0.1, 0.15) is 30.8 Å². The molecule has 1 aromatic heterocycles. The molecule has 112 valence electrons. The second-order valence-electron chi connectivity index (χ2n) is 5.73. The first-order valence-electron chi connectivity index (χ1n) is 7.48. The maximum Gasteiger partial charge on any atom is 0.0509 e. The SMILES string of the molecule is Cc1cccc(CSc2ccc(CNCC(C)C)cc2)n1. The van der Waals surface area contributed by atoms with Crippen LogP contribution < -0.4 is 5.32 Å². The Kier molecular flexibility index (Phi) is 6.27. The molecule has 0 saturated heterocycles. The molecule has 0 saturated carbocycles. The summed E-state index contributed by atoms with van der Waals surface area (Å²) in [7, 11) is 0. The van der Waals surface area contributed by atoms with Gasteiger partial charge in [0.25, 0.3) is 0 Å². The van der Waals surface area contributed by atoms with E-state index < -0.39 is 0 Å². The number of hydrogen-bond donors (Lipinski definition) is 1. The van der Waals surface area contributed by atoms with Crippen LogP contribution in [-0.4, -0.2) is 11.5 Å². The Morgan fingerprint density at radius 3 is 2.52 bits per heavy atom. The molecule has 0 bridgehead atoms. The average molecular weight is 300 g/mol. The van der Waals surface area contributed by atoms with Crippen molar-refractivity contribution in [2.45, 2.75) is 38.0 Å². The van der Waals surface area contributed by atoms with Gasteiger partial charge in [-0.25, -0.2) is 0 Å². The summed E-state index contributed by atoms with van der Waals surface area (Å²) in [6, 6.07) is 15.0. The minimum absolute atomic E-state index is 0.696. The first-order chi connectivity index (χ1) is 10.1. The van der Waals surface area contributed by atoms with E-state index in [9.17, 15) is 0 Å². The first kappa shape index (κ1) is 16.1. The fraction of sp³-hybridized carbons (Fsp3) is 0.389. The van der Waals surface area contributed by atoms with Crippen molar-refractivity contribution in [1.82, 2.24) is 10.3 Å². The van der Waals surface area contributed by atoms with Gasteiger partial charge in [0.2, 0.25) is 0 Å². The van der Waals surface area contributed by atoms with E-state index in [0.717, 1.165) is 30.2 Å². The van der Waals surface area contributed by atoms with Crippen molar-refractivity contribution >= 4 is 11.8 Å². The van der Waals surface area contributed by atoms with Gasteiger partial charge in [-0.05, 0) is 49.2 Å². The van der Waals surface area contributed by atoms with Crippen molar-refractivity contribution in [3.8, 4) is 0 Å². The number of rotatable bonds is 7. The molecule has 0 radical (unpaired) electrons. The molecule has 0 aliphatic carbocycles. The molecular weight excluding hydrogens is 276 g/mol. The summed E-state index contributed by atoms with van der Waals surface area (Å²) in [5.41, 5.74) is 3.57. The Hall–Kier alpha value is -1.32. The van der Waals surface area contributed by atoms with Gasteiger partial charge in [-0.1, -0.05) is 32.0 Å². The normalized spacial score (nSPS) is 11.0. The van der Waals surface area contributed by atoms with E-state index in [1.165, 1.54) is 10.5 Å². The summed E-state index contributed by atoms with van der Waals surface area (Å²) in [5.74, 6) is 1.62. The van der Waals surface area contributed by atoms with Crippen LogP contribution in [-0.2, 0) is 12.3 Å². The van der Waals surface area contributed by atoms with Crippen LogP contribution in [0.3, 0.4) is 0 Å². The number of aromatic nitrogens is 1. The average Bonchev–Trinajstić information content (AvgIpc) is 2.46. The van der Waals surface area contributed by atoms with E-state index in [-0.39, 0.29) is 0 Å². The zero-order valence-corrected chi connectivity index (χ0v) is 13.9. The topological polar surface area (TPSA) is 24.9 Å². The van der Waals surface area contributed by atoms with E-state index in [1.54, 1.807) is 0 Å². The Morgan fingerprint density at radius 1 is 1.10 bits per heavy atom. The van der Waals surface area contributed by atoms with Crippen LogP contribution >= 0.6 is 11.8 Å². The third kappa shape index (κ3) is 5.90. The second-order valence-corrected chi connectivity index (χ2v) is 6.78. The quantitative estimate of drug-likeness (QED) is 0.766. The van der Waals surface area contributed by atoms with Crippen LogP contribution in [0.15, 0.2) is 47.4 Å². The summed E-state index contributed by atoms with van der Waals surface area (Å²) in [6.07, 6.45) is 0. The predicted molar refractivity (Wildman–Crippen MR) is 91.5 cm³/mol. The molecule has 0 spiro atoms. The van der Waals surface area contributed by atoms with Crippen LogP contribution in [0.4, 0.5) is 0 Å². The predicted octanol–water partition coefficient (Wildman–Crippen LogP) is 4.43. The van der Waals surface area contributed by atoms with Crippen molar-refractivity contribution in [2.24, 2.45) is 5.92 Å². The summed E-state index contributed by atoms with van der Waals surface area (Å²) in [6.45, 7) is 8.50. The maximum absolute atomic E-state index is 4.53. The Morgan fingerprint density at radius 2 is 1.86 bits per heavy atom. The van der Waals surface area contributed by atoms with Gasteiger partial charge in [0.05, 0.1) is 5.69 Å². The highest BCUT2D eigenvalue weighted by molar-refractivity contribution is 7.98. The molecule has 2 rings (SSSR count). The third-order valence-corrected chi connectivity index (χ3v) is 4.18. The molecule has 3 heteroatoms. The van der Waals surface area contributed by atoms with Gasteiger partial charge in [-0.3, -0.25) is 4.98 Å². The highest BCUT2D eigenvalue weighted by Crippen LogP contribution is 2.22. The van der Waals surface area contributed by atoms with Crippen molar-refractivity contribution in [1.29, 1.82) is 0 Å². The maximum atomic E-state index is 4.53. The summed E-state index contributed by atoms with van der Waals surface area (Å²) < 4.78 is 0. The molecule has 0 aliphatic heterocycles. The molecule has 1 N–H and O–H groups in total. The van der Waals surface area contributed by atoms with Crippen molar-refractivity contribution < 1.29 is 0 Å². The highest BCUT2D eigenvalue weighted by Gasteiger charge is 1.99. The van der Waals surface area contributed by atoms with Gasteiger partial charge in [-0.15, -0.1) is 11.8 Å². The summed E-state index contributed by atoms with van der Waals surface area (Å²) in [5, 5.41) is 3.47. The van der Waals surface area contributed by atoms with E-state index in [4.69, 9.17) is 0 Å². The fourth-order valence-corrected chi connectivity index (χ4v) is 2.85. The zero-order valence-electron chi connectivity index (χ0n) is 13.1. The number of pyridine rings is 1. The Balaban J connectivity index is 1.82. The molecule has 0 amide bonds. The molecule has 0 atom stereocenters. The van der Waals surface area contributed by atoms with Gasteiger partial charge < -0.3 is 5.32 Å². The third-order valence-electron chi connectivity index (χ3n) is 3.14. The van der Waals surface area contributed by atoms with Gasteiger partial charge in [-0.2, -0.15) is 0 Å². The van der Waals surface area contributed by atoms with Crippen molar-refractivity contribution in [3.05, 3.63) is 59.4 Å². The van der Waals surface area contributed by atoms with E-state index in [1.807, 2.05) is 24.8 Å². The summed E-state index contributed by atoms with van der Waals surface area (Å²) >= 11 is 1.84. The lowest BCUT2D eigenvalue weighted by molar-refractivity contribution is 0.552. The van der Waals surface area contributed by atoms with Crippen LogP contribution in [0.5, 0.6) is 0 Å². The lowest BCUT2D eigenvalue weighted by Gasteiger charge is -2.08. The number of thioether (sulfide) groups is 1. The molecule has 1 heterocycles.